The Hall–Kier alpha value is -4.30. The zero-order valence-electron chi connectivity index (χ0n) is 19.7. The summed E-state index contributed by atoms with van der Waals surface area (Å²) >= 11 is 0. The van der Waals surface area contributed by atoms with Crippen LogP contribution in [-0.4, -0.2) is 29.9 Å². The Kier molecular flexibility index (Phi) is 6.60. The molecule has 0 unspecified atom stereocenters. The molecule has 2 aromatic carbocycles. The average molecular weight is 496 g/mol. The number of sulfonamides is 1. The third-order valence-electron chi connectivity index (χ3n) is 5.82. The smallest absolute Gasteiger partial charge is 0.263 e. The molecule has 2 N–H and O–H groups in total. The molecule has 3 heterocycles. The van der Waals surface area contributed by atoms with Crippen molar-refractivity contribution in [2.24, 2.45) is 0 Å². The van der Waals surface area contributed by atoms with E-state index in [1.807, 2.05) is 49.4 Å². The van der Waals surface area contributed by atoms with Crippen LogP contribution in [0.15, 0.2) is 102 Å². The highest BCUT2D eigenvalue weighted by Gasteiger charge is 2.19. The minimum atomic E-state index is -3.89. The SMILES string of the molecule is Cc1cccnc1-c1cc2cccnc2c(NS(=O)(=O)c2ccc(NCCc3ccccc3)cc2)n1. The summed E-state index contributed by atoms with van der Waals surface area (Å²) in [5, 5.41) is 4.10. The molecule has 5 aromatic rings. The van der Waals surface area contributed by atoms with Gasteiger partial charge in [0.2, 0.25) is 0 Å². The van der Waals surface area contributed by atoms with Gasteiger partial charge in [-0.15, -0.1) is 0 Å². The van der Waals surface area contributed by atoms with E-state index in [0.29, 0.717) is 16.9 Å². The second-order valence-electron chi connectivity index (χ2n) is 8.39. The Morgan fingerprint density at radius 3 is 2.36 bits per heavy atom. The number of benzene rings is 2. The van der Waals surface area contributed by atoms with Crippen molar-refractivity contribution in [3.63, 3.8) is 0 Å². The van der Waals surface area contributed by atoms with Gasteiger partial charge in [0.05, 0.1) is 16.3 Å². The third kappa shape index (κ3) is 5.18. The van der Waals surface area contributed by atoms with Crippen molar-refractivity contribution >= 4 is 32.4 Å². The molecule has 0 radical (unpaired) electrons. The Morgan fingerprint density at radius 1 is 0.833 bits per heavy atom. The van der Waals surface area contributed by atoms with Crippen molar-refractivity contribution < 1.29 is 8.42 Å². The van der Waals surface area contributed by atoms with E-state index in [2.05, 4.69) is 37.1 Å². The molecule has 0 atom stereocenters. The van der Waals surface area contributed by atoms with Crippen LogP contribution in [-0.2, 0) is 16.4 Å². The Balaban J connectivity index is 1.38. The van der Waals surface area contributed by atoms with E-state index in [1.54, 1.807) is 42.7 Å². The topological polar surface area (TPSA) is 96.9 Å². The van der Waals surface area contributed by atoms with E-state index < -0.39 is 10.0 Å². The van der Waals surface area contributed by atoms with Crippen molar-refractivity contribution in [3.05, 3.63) is 108 Å². The molecule has 8 heteroatoms. The predicted molar refractivity (Wildman–Crippen MR) is 143 cm³/mol. The number of hydrogen-bond donors (Lipinski definition) is 2. The molecule has 0 fully saturated rings. The molecule has 0 spiro atoms. The van der Waals surface area contributed by atoms with Crippen LogP contribution >= 0.6 is 0 Å². The molecule has 0 aliphatic heterocycles. The molecule has 0 bridgehead atoms. The Bertz CT molecular complexity index is 1610. The maximum absolute atomic E-state index is 13.3. The number of rotatable bonds is 8. The van der Waals surface area contributed by atoms with Gasteiger partial charge in [-0.05, 0) is 66.9 Å². The highest BCUT2D eigenvalue weighted by molar-refractivity contribution is 7.92. The lowest BCUT2D eigenvalue weighted by Gasteiger charge is -2.13. The first-order valence-corrected chi connectivity index (χ1v) is 13.1. The van der Waals surface area contributed by atoms with Gasteiger partial charge in [-0.2, -0.15) is 0 Å². The van der Waals surface area contributed by atoms with E-state index in [9.17, 15) is 8.42 Å². The van der Waals surface area contributed by atoms with Gasteiger partial charge in [0.15, 0.2) is 5.82 Å². The summed E-state index contributed by atoms with van der Waals surface area (Å²) < 4.78 is 29.2. The first kappa shape index (κ1) is 23.4. The van der Waals surface area contributed by atoms with Crippen LogP contribution < -0.4 is 10.0 Å². The number of fused-ring (bicyclic) bond motifs is 1. The quantitative estimate of drug-likeness (QED) is 0.297. The molecule has 36 heavy (non-hydrogen) atoms. The van der Waals surface area contributed by atoms with Gasteiger partial charge in [-0.25, -0.2) is 13.4 Å². The zero-order chi connectivity index (χ0) is 25.0. The monoisotopic (exact) mass is 495 g/mol. The lowest BCUT2D eigenvalue weighted by atomic mass is 10.1. The van der Waals surface area contributed by atoms with E-state index in [0.717, 1.165) is 29.6 Å². The van der Waals surface area contributed by atoms with Gasteiger partial charge in [0.25, 0.3) is 10.0 Å². The summed E-state index contributed by atoms with van der Waals surface area (Å²) in [7, 11) is -3.89. The van der Waals surface area contributed by atoms with E-state index >= 15 is 0 Å². The van der Waals surface area contributed by atoms with Crippen LogP contribution in [0.5, 0.6) is 0 Å². The van der Waals surface area contributed by atoms with Crippen LogP contribution in [0.4, 0.5) is 11.5 Å². The first-order chi connectivity index (χ1) is 17.5. The lowest BCUT2D eigenvalue weighted by molar-refractivity contribution is 0.601. The fourth-order valence-corrected chi connectivity index (χ4v) is 4.97. The third-order valence-corrected chi connectivity index (χ3v) is 7.18. The number of pyridine rings is 3. The molecule has 0 aliphatic rings. The molecule has 180 valence electrons. The molecule has 5 rings (SSSR count). The number of aryl methyl sites for hydroxylation is 1. The fourth-order valence-electron chi connectivity index (χ4n) is 3.97. The summed E-state index contributed by atoms with van der Waals surface area (Å²) in [5.74, 6) is 0.165. The predicted octanol–water partition coefficient (Wildman–Crippen LogP) is 5.46. The van der Waals surface area contributed by atoms with Crippen LogP contribution in [0.25, 0.3) is 22.3 Å². The largest absolute Gasteiger partial charge is 0.385 e. The van der Waals surface area contributed by atoms with E-state index in [4.69, 9.17) is 0 Å². The molecule has 0 saturated heterocycles. The summed E-state index contributed by atoms with van der Waals surface area (Å²) in [6.45, 7) is 2.69. The fraction of sp³-hybridized carbons (Fsp3) is 0.107. The number of hydrogen-bond acceptors (Lipinski definition) is 6. The van der Waals surface area contributed by atoms with Crippen LogP contribution in [0.2, 0.25) is 0 Å². The number of nitrogens with one attached hydrogen (secondary N) is 2. The lowest BCUT2D eigenvalue weighted by Crippen LogP contribution is -2.15. The van der Waals surface area contributed by atoms with Crippen LogP contribution in [0.1, 0.15) is 11.1 Å². The summed E-state index contributed by atoms with van der Waals surface area (Å²) in [6.07, 6.45) is 4.18. The molecule has 0 aliphatic carbocycles. The molecule has 7 nitrogen and oxygen atoms in total. The second-order valence-corrected chi connectivity index (χ2v) is 10.1. The Morgan fingerprint density at radius 2 is 1.58 bits per heavy atom. The van der Waals surface area contributed by atoms with Crippen molar-refractivity contribution in [2.45, 2.75) is 18.2 Å². The molecule has 0 saturated carbocycles. The minimum absolute atomic E-state index is 0.140. The zero-order valence-corrected chi connectivity index (χ0v) is 20.5. The summed E-state index contributed by atoms with van der Waals surface area (Å²) in [5.41, 5.74) is 4.77. The van der Waals surface area contributed by atoms with Gasteiger partial charge < -0.3 is 5.32 Å². The number of nitrogens with zero attached hydrogens (tertiary/aromatic N) is 3. The van der Waals surface area contributed by atoms with E-state index in [-0.39, 0.29) is 10.7 Å². The number of aromatic nitrogens is 3. The van der Waals surface area contributed by atoms with Crippen molar-refractivity contribution in [3.8, 4) is 11.4 Å². The van der Waals surface area contributed by atoms with Crippen molar-refractivity contribution in [1.82, 2.24) is 15.0 Å². The van der Waals surface area contributed by atoms with E-state index in [1.165, 1.54) is 5.56 Å². The summed E-state index contributed by atoms with van der Waals surface area (Å²) in [6, 6.07) is 26.2. The average Bonchev–Trinajstić information content (AvgIpc) is 2.90. The van der Waals surface area contributed by atoms with Crippen molar-refractivity contribution in [2.75, 3.05) is 16.6 Å². The van der Waals surface area contributed by atoms with Gasteiger partial charge in [0.1, 0.15) is 5.52 Å². The minimum Gasteiger partial charge on any atom is -0.385 e. The standard InChI is InChI=1S/C28H25N5O2S/c1-20-7-5-16-30-26(20)25-19-22-10-6-17-31-27(22)28(32-25)33-36(34,35)24-13-11-23(12-14-24)29-18-15-21-8-3-2-4-9-21/h2-14,16-17,19,29H,15,18H2,1H3,(H,32,33). The molecule has 3 aromatic heterocycles. The van der Waals surface area contributed by atoms with Gasteiger partial charge >= 0.3 is 0 Å². The van der Waals surface area contributed by atoms with Gasteiger partial charge in [-0.1, -0.05) is 42.5 Å². The molecule has 0 amide bonds. The normalized spacial score (nSPS) is 11.4. The first-order valence-electron chi connectivity index (χ1n) is 11.6. The second kappa shape index (κ2) is 10.1. The van der Waals surface area contributed by atoms with Gasteiger partial charge in [0, 0.05) is 30.0 Å². The summed E-state index contributed by atoms with van der Waals surface area (Å²) in [4.78, 5) is 13.5. The van der Waals surface area contributed by atoms with Gasteiger partial charge in [-0.3, -0.25) is 14.7 Å². The van der Waals surface area contributed by atoms with Crippen LogP contribution in [0.3, 0.4) is 0 Å². The highest BCUT2D eigenvalue weighted by Crippen LogP contribution is 2.28. The Labute approximate surface area is 210 Å². The van der Waals surface area contributed by atoms with Crippen molar-refractivity contribution in [1.29, 1.82) is 0 Å². The maximum atomic E-state index is 13.3. The highest BCUT2D eigenvalue weighted by atomic mass is 32.2. The molecular formula is C28H25N5O2S. The van der Waals surface area contributed by atoms with Crippen LogP contribution in [0, 0.1) is 6.92 Å². The maximum Gasteiger partial charge on any atom is 0.263 e. The molecular weight excluding hydrogens is 470 g/mol. The number of anilines is 2.